The van der Waals surface area contributed by atoms with Crippen LogP contribution in [0.15, 0.2) is 25.3 Å². The molecule has 0 heteroatoms. The number of allylic oxidation sites excluding steroid dienone is 2. The lowest BCUT2D eigenvalue weighted by atomic mass is 9.51. The topological polar surface area (TPSA) is 0 Å². The maximum absolute atomic E-state index is 3.87. The van der Waals surface area contributed by atoms with E-state index in [1.165, 1.54) is 6.42 Å². The van der Waals surface area contributed by atoms with E-state index in [4.69, 9.17) is 0 Å². The third-order valence-corrected chi connectivity index (χ3v) is 3.71. The monoisotopic (exact) mass is 164 g/mol. The van der Waals surface area contributed by atoms with Crippen molar-refractivity contribution in [3.8, 4) is 0 Å². The van der Waals surface area contributed by atoms with E-state index in [-0.39, 0.29) is 0 Å². The summed E-state index contributed by atoms with van der Waals surface area (Å²) in [6, 6.07) is 0. The Hall–Kier alpha value is -0.520. The number of hydrogen-bond acceptors (Lipinski definition) is 0. The minimum atomic E-state index is 0.440. The second kappa shape index (κ2) is 3.08. The Morgan fingerprint density at radius 1 is 1.42 bits per heavy atom. The van der Waals surface area contributed by atoms with E-state index < -0.39 is 0 Å². The second-order valence-corrected chi connectivity index (χ2v) is 4.60. The average Bonchev–Trinajstić information content (AvgIpc) is 2.03. The molecule has 3 atom stereocenters. The molecule has 0 aromatic rings. The first-order valence-electron chi connectivity index (χ1n) is 4.79. The van der Waals surface area contributed by atoms with Crippen molar-refractivity contribution in [2.75, 3.05) is 0 Å². The molecule has 0 amide bonds. The molecule has 0 heterocycles. The zero-order chi connectivity index (χ0) is 9.35. The molecular formula is C12H20. The van der Waals surface area contributed by atoms with Crippen LogP contribution in [-0.4, -0.2) is 0 Å². The van der Waals surface area contributed by atoms with Crippen molar-refractivity contribution in [1.29, 1.82) is 0 Å². The Bertz CT molecular complexity index is 188. The third-order valence-electron chi connectivity index (χ3n) is 3.71. The molecule has 0 bridgehead atoms. The van der Waals surface area contributed by atoms with Crippen molar-refractivity contribution < 1.29 is 0 Å². The van der Waals surface area contributed by atoms with Gasteiger partial charge in [-0.3, -0.25) is 0 Å². The van der Waals surface area contributed by atoms with Gasteiger partial charge in [-0.15, -0.1) is 13.2 Å². The van der Waals surface area contributed by atoms with E-state index in [9.17, 15) is 0 Å². The lowest BCUT2D eigenvalue weighted by Gasteiger charge is -2.53. The van der Waals surface area contributed by atoms with Crippen molar-refractivity contribution >= 4 is 0 Å². The normalized spacial score (nSPS) is 34.9. The van der Waals surface area contributed by atoms with Crippen molar-refractivity contribution in [2.24, 2.45) is 23.2 Å². The smallest absolute Gasteiger partial charge is 0.0179 e. The SMILES string of the molecule is C=CC(C)[C@@H]1C[C@H](C=C)C1(C)C. The van der Waals surface area contributed by atoms with Gasteiger partial charge in [-0.1, -0.05) is 32.9 Å². The summed E-state index contributed by atoms with van der Waals surface area (Å²) in [5.74, 6) is 2.17. The summed E-state index contributed by atoms with van der Waals surface area (Å²) < 4.78 is 0. The minimum absolute atomic E-state index is 0.440. The first-order valence-corrected chi connectivity index (χ1v) is 4.79. The molecule has 1 aliphatic carbocycles. The summed E-state index contributed by atoms with van der Waals surface area (Å²) in [6.07, 6.45) is 5.47. The first-order chi connectivity index (χ1) is 5.54. The fourth-order valence-electron chi connectivity index (χ4n) is 2.45. The minimum Gasteiger partial charge on any atom is -0.103 e. The highest BCUT2D eigenvalue weighted by Gasteiger charge is 2.47. The van der Waals surface area contributed by atoms with E-state index in [1.807, 2.05) is 0 Å². The van der Waals surface area contributed by atoms with Gasteiger partial charge in [0.15, 0.2) is 0 Å². The fraction of sp³-hybridized carbons (Fsp3) is 0.667. The van der Waals surface area contributed by atoms with Gasteiger partial charge in [0.2, 0.25) is 0 Å². The van der Waals surface area contributed by atoms with Gasteiger partial charge < -0.3 is 0 Å². The van der Waals surface area contributed by atoms with Gasteiger partial charge in [0, 0.05) is 0 Å². The van der Waals surface area contributed by atoms with Crippen LogP contribution in [0.5, 0.6) is 0 Å². The van der Waals surface area contributed by atoms with Crippen LogP contribution in [0.1, 0.15) is 27.2 Å². The molecule has 1 rings (SSSR count). The zero-order valence-corrected chi connectivity index (χ0v) is 8.51. The summed E-state index contributed by atoms with van der Waals surface area (Å²) in [4.78, 5) is 0. The Balaban J connectivity index is 2.64. The summed E-state index contributed by atoms with van der Waals surface area (Å²) in [7, 11) is 0. The molecule has 12 heavy (non-hydrogen) atoms. The van der Waals surface area contributed by atoms with Crippen LogP contribution in [0.4, 0.5) is 0 Å². The molecule has 1 fully saturated rings. The van der Waals surface area contributed by atoms with Crippen molar-refractivity contribution in [1.82, 2.24) is 0 Å². The van der Waals surface area contributed by atoms with E-state index in [0.717, 1.165) is 5.92 Å². The van der Waals surface area contributed by atoms with Gasteiger partial charge in [0.25, 0.3) is 0 Å². The molecule has 0 nitrogen and oxygen atoms in total. The Labute approximate surface area is 76.4 Å². The Morgan fingerprint density at radius 3 is 2.33 bits per heavy atom. The van der Waals surface area contributed by atoms with E-state index in [1.54, 1.807) is 0 Å². The molecule has 1 aliphatic rings. The summed E-state index contributed by atoms with van der Waals surface area (Å²) in [5, 5.41) is 0. The van der Waals surface area contributed by atoms with Gasteiger partial charge >= 0.3 is 0 Å². The summed E-state index contributed by atoms with van der Waals surface area (Å²) >= 11 is 0. The van der Waals surface area contributed by atoms with E-state index in [2.05, 4.69) is 46.1 Å². The quantitative estimate of drug-likeness (QED) is 0.558. The highest BCUT2D eigenvalue weighted by Crippen LogP contribution is 2.55. The Kier molecular flexibility index (Phi) is 2.46. The summed E-state index contributed by atoms with van der Waals surface area (Å²) in [5.41, 5.74) is 0.440. The van der Waals surface area contributed by atoms with Gasteiger partial charge in [0.1, 0.15) is 0 Å². The van der Waals surface area contributed by atoms with E-state index in [0.29, 0.717) is 17.3 Å². The van der Waals surface area contributed by atoms with Crippen LogP contribution in [0.2, 0.25) is 0 Å². The van der Waals surface area contributed by atoms with Crippen LogP contribution < -0.4 is 0 Å². The van der Waals surface area contributed by atoms with E-state index >= 15 is 0 Å². The van der Waals surface area contributed by atoms with Gasteiger partial charge in [-0.25, -0.2) is 0 Å². The maximum atomic E-state index is 3.87. The largest absolute Gasteiger partial charge is 0.103 e. The van der Waals surface area contributed by atoms with Crippen LogP contribution >= 0.6 is 0 Å². The number of rotatable bonds is 3. The fourth-order valence-corrected chi connectivity index (χ4v) is 2.45. The molecule has 1 unspecified atom stereocenters. The maximum Gasteiger partial charge on any atom is -0.0179 e. The molecule has 1 saturated carbocycles. The van der Waals surface area contributed by atoms with Crippen molar-refractivity contribution in [3.05, 3.63) is 25.3 Å². The van der Waals surface area contributed by atoms with Crippen LogP contribution in [0.25, 0.3) is 0 Å². The van der Waals surface area contributed by atoms with Gasteiger partial charge in [-0.2, -0.15) is 0 Å². The molecule has 0 saturated heterocycles. The summed E-state index contributed by atoms with van der Waals surface area (Å²) in [6.45, 7) is 14.7. The van der Waals surface area contributed by atoms with Crippen LogP contribution in [0, 0.1) is 23.2 Å². The van der Waals surface area contributed by atoms with Gasteiger partial charge in [0.05, 0.1) is 0 Å². The molecule has 0 spiro atoms. The van der Waals surface area contributed by atoms with Gasteiger partial charge in [-0.05, 0) is 29.6 Å². The van der Waals surface area contributed by atoms with Crippen LogP contribution in [0.3, 0.4) is 0 Å². The standard InChI is InChI=1S/C12H20/c1-6-9(3)11-8-10(7-2)12(11,4)5/h6-7,9-11H,1-2,8H2,3-5H3/t9?,10-,11-/m0/s1. The van der Waals surface area contributed by atoms with Crippen molar-refractivity contribution in [2.45, 2.75) is 27.2 Å². The lowest BCUT2D eigenvalue weighted by Crippen LogP contribution is -2.46. The zero-order valence-electron chi connectivity index (χ0n) is 8.51. The highest BCUT2D eigenvalue weighted by molar-refractivity contribution is 5.07. The molecule has 68 valence electrons. The van der Waals surface area contributed by atoms with Crippen molar-refractivity contribution in [3.63, 3.8) is 0 Å². The Morgan fingerprint density at radius 2 is 2.00 bits per heavy atom. The highest BCUT2D eigenvalue weighted by atomic mass is 14.5. The molecule has 0 aromatic heterocycles. The molecule has 0 radical (unpaired) electrons. The van der Waals surface area contributed by atoms with Crippen LogP contribution in [-0.2, 0) is 0 Å². The number of hydrogen-bond donors (Lipinski definition) is 0. The molecular weight excluding hydrogens is 144 g/mol. The molecule has 0 aromatic carbocycles. The first kappa shape index (κ1) is 9.57. The molecule has 0 aliphatic heterocycles. The predicted octanol–water partition coefficient (Wildman–Crippen LogP) is 3.66. The lowest BCUT2D eigenvalue weighted by molar-refractivity contribution is -0.0125. The third kappa shape index (κ3) is 1.24. The average molecular weight is 164 g/mol. The molecule has 0 N–H and O–H groups in total. The predicted molar refractivity (Wildman–Crippen MR) is 54.9 cm³/mol. The second-order valence-electron chi connectivity index (χ2n) is 4.60.